The van der Waals surface area contributed by atoms with E-state index >= 15 is 0 Å². The fourth-order valence-electron chi connectivity index (χ4n) is 2.26. The summed E-state index contributed by atoms with van der Waals surface area (Å²) in [7, 11) is -3.22. The number of aryl methyl sites for hydroxylation is 2. The molecule has 108 valence electrons. The Kier molecular flexibility index (Phi) is 4.59. The highest BCUT2D eigenvalue weighted by Gasteiger charge is 2.21. The lowest BCUT2D eigenvalue weighted by Gasteiger charge is -2.26. The summed E-state index contributed by atoms with van der Waals surface area (Å²) in [4.78, 5) is 2.57. The van der Waals surface area contributed by atoms with Crippen LogP contribution < -0.4 is 5.32 Å². The van der Waals surface area contributed by atoms with Crippen LogP contribution in [0.3, 0.4) is 0 Å². The van der Waals surface area contributed by atoms with Crippen molar-refractivity contribution in [2.75, 3.05) is 38.5 Å². The molecule has 1 fully saturated rings. The van der Waals surface area contributed by atoms with E-state index in [1.807, 2.05) is 6.92 Å². The van der Waals surface area contributed by atoms with Crippen LogP contribution in [0.2, 0.25) is 0 Å². The van der Waals surface area contributed by atoms with Gasteiger partial charge in [-0.2, -0.15) is 5.10 Å². The monoisotopic (exact) mass is 286 g/mol. The zero-order chi connectivity index (χ0) is 13.9. The van der Waals surface area contributed by atoms with Crippen molar-refractivity contribution in [1.29, 1.82) is 0 Å². The van der Waals surface area contributed by atoms with E-state index in [1.165, 1.54) is 0 Å². The minimum atomic E-state index is -3.22. The smallest absolute Gasteiger partial charge is 0.183 e. The van der Waals surface area contributed by atoms with Crippen molar-refractivity contribution in [2.45, 2.75) is 25.3 Å². The summed E-state index contributed by atoms with van der Waals surface area (Å²) in [6, 6.07) is 0. The standard InChI is InChI=1S/C12H22N4O2S/c1-3-16-10-12(11(2)14-16)19(17,18)9-8-15-6-4-13-5-7-15/h10,13H,3-9H2,1-2H3. The second-order valence-corrected chi connectivity index (χ2v) is 6.92. The van der Waals surface area contributed by atoms with Gasteiger partial charge in [0, 0.05) is 45.5 Å². The number of rotatable bonds is 5. The molecule has 0 bridgehead atoms. The van der Waals surface area contributed by atoms with Crippen molar-refractivity contribution >= 4 is 9.84 Å². The summed E-state index contributed by atoms with van der Waals surface area (Å²) in [6.45, 7) is 8.70. The van der Waals surface area contributed by atoms with E-state index < -0.39 is 9.84 Å². The molecule has 6 nitrogen and oxygen atoms in total. The van der Waals surface area contributed by atoms with Crippen LogP contribution in [0.5, 0.6) is 0 Å². The fourth-order valence-corrected chi connectivity index (χ4v) is 3.75. The number of hydrogen-bond donors (Lipinski definition) is 1. The number of hydrogen-bond acceptors (Lipinski definition) is 5. The van der Waals surface area contributed by atoms with Crippen molar-refractivity contribution in [3.8, 4) is 0 Å². The molecular formula is C12H22N4O2S. The van der Waals surface area contributed by atoms with Gasteiger partial charge in [0.05, 0.1) is 11.4 Å². The number of sulfone groups is 1. The Hall–Kier alpha value is -0.920. The van der Waals surface area contributed by atoms with E-state index in [1.54, 1.807) is 17.8 Å². The molecule has 1 aliphatic heterocycles. The van der Waals surface area contributed by atoms with E-state index in [-0.39, 0.29) is 5.75 Å². The third-order valence-electron chi connectivity index (χ3n) is 3.45. The fraction of sp³-hybridized carbons (Fsp3) is 0.750. The largest absolute Gasteiger partial charge is 0.314 e. The Bertz CT molecular complexity index is 518. The zero-order valence-electron chi connectivity index (χ0n) is 11.6. The zero-order valence-corrected chi connectivity index (χ0v) is 12.4. The molecule has 0 aliphatic carbocycles. The highest BCUT2D eigenvalue weighted by Crippen LogP contribution is 2.15. The number of piperazine rings is 1. The van der Waals surface area contributed by atoms with Gasteiger partial charge in [-0.15, -0.1) is 0 Å². The molecule has 0 saturated carbocycles. The molecule has 7 heteroatoms. The van der Waals surface area contributed by atoms with Crippen LogP contribution in [0.4, 0.5) is 0 Å². The quantitative estimate of drug-likeness (QED) is 0.818. The highest BCUT2D eigenvalue weighted by atomic mass is 32.2. The molecule has 19 heavy (non-hydrogen) atoms. The van der Waals surface area contributed by atoms with Gasteiger partial charge in [-0.1, -0.05) is 0 Å². The molecule has 0 unspecified atom stereocenters. The summed E-state index contributed by atoms with van der Waals surface area (Å²) in [5.74, 6) is 0.170. The average molecular weight is 286 g/mol. The molecule has 1 aliphatic rings. The Morgan fingerprint density at radius 3 is 2.63 bits per heavy atom. The van der Waals surface area contributed by atoms with E-state index in [4.69, 9.17) is 0 Å². The van der Waals surface area contributed by atoms with Gasteiger partial charge in [0.15, 0.2) is 9.84 Å². The van der Waals surface area contributed by atoms with Crippen LogP contribution in [-0.2, 0) is 16.4 Å². The molecule has 2 heterocycles. The summed E-state index contributed by atoms with van der Waals surface area (Å²) in [6.07, 6.45) is 1.64. The van der Waals surface area contributed by atoms with Gasteiger partial charge in [-0.25, -0.2) is 8.42 Å². The van der Waals surface area contributed by atoms with E-state index in [0.717, 1.165) is 26.2 Å². The molecule has 1 N–H and O–H groups in total. The van der Waals surface area contributed by atoms with E-state index in [0.29, 0.717) is 23.7 Å². The normalized spacial score (nSPS) is 17.8. The minimum absolute atomic E-state index is 0.170. The molecule has 0 radical (unpaired) electrons. The van der Waals surface area contributed by atoms with Crippen LogP contribution in [0.25, 0.3) is 0 Å². The first-order chi connectivity index (χ1) is 9.03. The van der Waals surface area contributed by atoms with Crippen molar-refractivity contribution in [3.63, 3.8) is 0 Å². The molecule has 1 aromatic rings. The van der Waals surface area contributed by atoms with E-state index in [9.17, 15) is 8.42 Å². The Morgan fingerprint density at radius 2 is 2.05 bits per heavy atom. The lowest BCUT2D eigenvalue weighted by Crippen LogP contribution is -2.45. The molecule has 0 aromatic carbocycles. The highest BCUT2D eigenvalue weighted by molar-refractivity contribution is 7.91. The maximum absolute atomic E-state index is 12.3. The van der Waals surface area contributed by atoms with Crippen LogP contribution in [0.15, 0.2) is 11.1 Å². The second-order valence-electron chi connectivity index (χ2n) is 4.84. The summed E-state index contributed by atoms with van der Waals surface area (Å²) < 4.78 is 26.3. The maximum Gasteiger partial charge on any atom is 0.183 e. The summed E-state index contributed by atoms with van der Waals surface area (Å²) in [5.41, 5.74) is 0.599. The second kappa shape index (κ2) is 6.02. The van der Waals surface area contributed by atoms with E-state index in [2.05, 4.69) is 15.3 Å². The van der Waals surface area contributed by atoms with Gasteiger partial charge < -0.3 is 5.32 Å². The van der Waals surface area contributed by atoms with Crippen LogP contribution in [-0.4, -0.2) is 61.6 Å². The molecule has 1 saturated heterocycles. The number of nitrogens with zero attached hydrogens (tertiary/aromatic N) is 3. The third-order valence-corrected chi connectivity index (χ3v) is 5.24. The topological polar surface area (TPSA) is 67.2 Å². The Labute approximate surface area is 114 Å². The molecule has 0 spiro atoms. The average Bonchev–Trinajstić information content (AvgIpc) is 2.80. The molecule has 0 amide bonds. The predicted octanol–water partition coefficient (Wildman–Crippen LogP) is -0.110. The molecule has 0 atom stereocenters. The maximum atomic E-state index is 12.3. The minimum Gasteiger partial charge on any atom is -0.314 e. The lowest BCUT2D eigenvalue weighted by atomic mass is 10.4. The van der Waals surface area contributed by atoms with Crippen molar-refractivity contribution in [2.24, 2.45) is 0 Å². The number of nitrogens with one attached hydrogen (secondary N) is 1. The van der Waals surface area contributed by atoms with Crippen LogP contribution in [0.1, 0.15) is 12.6 Å². The third kappa shape index (κ3) is 3.55. The van der Waals surface area contributed by atoms with Crippen LogP contribution in [0, 0.1) is 6.92 Å². The van der Waals surface area contributed by atoms with Gasteiger partial charge >= 0.3 is 0 Å². The molecular weight excluding hydrogens is 264 g/mol. The first-order valence-corrected chi connectivity index (χ1v) is 8.38. The van der Waals surface area contributed by atoms with Gasteiger partial charge in [0.25, 0.3) is 0 Å². The Balaban J connectivity index is 2.02. The van der Waals surface area contributed by atoms with Crippen LogP contribution >= 0.6 is 0 Å². The molecule has 2 rings (SSSR count). The first-order valence-electron chi connectivity index (χ1n) is 6.73. The SMILES string of the molecule is CCn1cc(S(=O)(=O)CCN2CCNCC2)c(C)n1. The van der Waals surface area contributed by atoms with Crippen molar-refractivity contribution in [1.82, 2.24) is 20.0 Å². The van der Waals surface area contributed by atoms with Crippen molar-refractivity contribution < 1.29 is 8.42 Å². The van der Waals surface area contributed by atoms with Gasteiger partial charge in [-0.05, 0) is 13.8 Å². The van der Waals surface area contributed by atoms with Gasteiger partial charge in [-0.3, -0.25) is 9.58 Å². The Morgan fingerprint density at radius 1 is 1.37 bits per heavy atom. The predicted molar refractivity (Wildman–Crippen MR) is 74.0 cm³/mol. The lowest BCUT2D eigenvalue weighted by molar-refractivity contribution is 0.254. The number of aromatic nitrogens is 2. The molecule has 1 aromatic heterocycles. The van der Waals surface area contributed by atoms with Gasteiger partial charge in [0.2, 0.25) is 0 Å². The van der Waals surface area contributed by atoms with Crippen molar-refractivity contribution in [3.05, 3.63) is 11.9 Å². The summed E-state index contributed by atoms with van der Waals surface area (Å²) in [5, 5.41) is 7.46. The summed E-state index contributed by atoms with van der Waals surface area (Å²) >= 11 is 0. The van der Waals surface area contributed by atoms with Gasteiger partial charge in [0.1, 0.15) is 4.90 Å². The first kappa shape index (κ1) is 14.5.